The van der Waals surface area contributed by atoms with E-state index in [1.165, 1.54) is 0 Å². The van der Waals surface area contributed by atoms with Crippen LogP contribution in [-0.2, 0) is 0 Å². The van der Waals surface area contributed by atoms with E-state index in [1.807, 2.05) is 0 Å². The summed E-state index contributed by atoms with van der Waals surface area (Å²) >= 11 is 5.95. The minimum Gasteiger partial charge on any atom is -0.388 e. The van der Waals surface area contributed by atoms with Crippen LogP contribution in [0.15, 0.2) is 24.3 Å². The van der Waals surface area contributed by atoms with Crippen molar-refractivity contribution in [3.05, 3.63) is 39.5 Å². The largest absolute Gasteiger partial charge is 0.388 e. The molecule has 0 saturated heterocycles. The average Bonchev–Trinajstić information content (AvgIpc) is 2.41. The Bertz CT molecular complexity index is 716. The number of aliphatic hydroxyl groups is 1. The molecule has 0 spiro atoms. The molecule has 2 N–H and O–H groups in total. The van der Waals surface area contributed by atoms with Gasteiger partial charge in [-0.05, 0) is 25.3 Å². The first-order valence-corrected chi connectivity index (χ1v) is 7.07. The van der Waals surface area contributed by atoms with Gasteiger partial charge in [0, 0.05) is 11.9 Å². The fourth-order valence-corrected chi connectivity index (χ4v) is 2.79. The van der Waals surface area contributed by atoms with Gasteiger partial charge in [0.2, 0.25) is 5.15 Å². The second-order valence-electron chi connectivity index (χ2n) is 5.33. The summed E-state index contributed by atoms with van der Waals surface area (Å²) in [6, 6.07) is 7.07. The van der Waals surface area contributed by atoms with Crippen LogP contribution >= 0.6 is 11.6 Å². The highest BCUT2D eigenvalue weighted by molar-refractivity contribution is 6.33. The van der Waals surface area contributed by atoms with Crippen molar-refractivity contribution in [2.75, 3.05) is 11.9 Å². The molecule has 0 aliphatic heterocycles. The van der Waals surface area contributed by atoms with Crippen molar-refractivity contribution in [1.82, 2.24) is 4.98 Å². The molecule has 1 saturated carbocycles. The van der Waals surface area contributed by atoms with Gasteiger partial charge in [-0.1, -0.05) is 29.8 Å². The van der Waals surface area contributed by atoms with Crippen molar-refractivity contribution in [3.63, 3.8) is 0 Å². The third-order valence-corrected chi connectivity index (χ3v) is 4.15. The van der Waals surface area contributed by atoms with Gasteiger partial charge in [-0.15, -0.1) is 0 Å². The van der Waals surface area contributed by atoms with E-state index in [4.69, 9.17) is 11.6 Å². The number of halogens is 1. The molecule has 0 radical (unpaired) electrons. The molecule has 3 rings (SSSR count). The SMILES string of the molecule is O=[N+]([O-])c1c(Cl)nc2ccccc2c1NCC1(O)CCC1. The molecule has 110 valence electrons. The Hall–Kier alpha value is -1.92. The van der Waals surface area contributed by atoms with Crippen LogP contribution in [0.5, 0.6) is 0 Å². The van der Waals surface area contributed by atoms with E-state index >= 15 is 0 Å². The van der Waals surface area contributed by atoms with Crippen LogP contribution in [0.4, 0.5) is 11.4 Å². The number of fused-ring (bicyclic) bond motifs is 1. The highest BCUT2D eigenvalue weighted by Gasteiger charge is 2.35. The van der Waals surface area contributed by atoms with Crippen LogP contribution in [0.3, 0.4) is 0 Å². The summed E-state index contributed by atoms with van der Waals surface area (Å²) in [5.74, 6) is 0. The molecule has 1 heterocycles. The van der Waals surface area contributed by atoms with Gasteiger partial charge < -0.3 is 10.4 Å². The maximum Gasteiger partial charge on any atom is 0.329 e. The zero-order valence-electron chi connectivity index (χ0n) is 11.2. The number of pyridine rings is 1. The van der Waals surface area contributed by atoms with E-state index in [0.29, 0.717) is 29.4 Å². The van der Waals surface area contributed by atoms with Gasteiger partial charge in [0.1, 0.15) is 5.69 Å². The van der Waals surface area contributed by atoms with Crippen molar-refractivity contribution in [1.29, 1.82) is 0 Å². The number of hydrogen-bond acceptors (Lipinski definition) is 5. The Morgan fingerprint density at radius 1 is 1.43 bits per heavy atom. The highest BCUT2D eigenvalue weighted by atomic mass is 35.5. The van der Waals surface area contributed by atoms with Crippen molar-refractivity contribution in [2.45, 2.75) is 24.9 Å². The molecule has 1 fully saturated rings. The van der Waals surface area contributed by atoms with Crippen molar-refractivity contribution in [3.8, 4) is 0 Å². The molecule has 1 aliphatic rings. The number of rotatable bonds is 4. The third kappa shape index (κ3) is 2.52. The van der Waals surface area contributed by atoms with E-state index in [2.05, 4.69) is 10.3 Å². The highest BCUT2D eigenvalue weighted by Crippen LogP contribution is 2.39. The standard InChI is InChI=1S/C14H14ClN3O3/c15-13-12(18(20)21)11(16-8-14(19)6-3-7-14)9-4-1-2-5-10(9)17-13/h1-2,4-5,19H,3,6-8H2,(H,16,17). The summed E-state index contributed by atoms with van der Waals surface area (Å²) in [6.07, 6.45) is 2.37. The van der Waals surface area contributed by atoms with Crippen LogP contribution in [0, 0.1) is 10.1 Å². The summed E-state index contributed by atoms with van der Waals surface area (Å²) in [4.78, 5) is 14.8. The summed E-state index contributed by atoms with van der Waals surface area (Å²) in [7, 11) is 0. The second kappa shape index (κ2) is 5.13. The molecule has 2 aromatic rings. The molecule has 1 aromatic heterocycles. The number of nitro groups is 1. The average molecular weight is 308 g/mol. The first kappa shape index (κ1) is 14.0. The zero-order chi connectivity index (χ0) is 15.0. The van der Waals surface area contributed by atoms with Crippen LogP contribution < -0.4 is 5.32 Å². The monoisotopic (exact) mass is 307 g/mol. The Kier molecular flexibility index (Phi) is 3.43. The smallest absolute Gasteiger partial charge is 0.329 e. The minimum absolute atomic E-state index is 0.151. The topological polar surface area (TPSA) is 88.3 Å². The number of aromatic nitrogens is 1. The number of nitrogens with zero attached hydrogens (tertiary/aromatic N) is 2. The number of hydrogen-bond donors (Lipinski definition) is 2. The maximum absolute atomic E-state index is 11.3. The Morgan fingerprint density at radius 3 is 2.76 bits per heavy atom. The lowest BCUT2D eigenvalue weighted by Crippen LogP contribution is -2.43. The minimum atomic E-state index is -0.787. The predicted octanol–water partition coefficient (Wildman–Crippen LogP) is 3.12. The lowest BCUT2D eigenvalue weighted by molar-refractivity contribution is -0.384. The van der Waals surface area contributed by atoms with Gasteiger partial charge in [-0.2, -0.15) is 0 Å². The summed E-state index contributed by atoms with van der Waals surface area (Å²) in [6.45, 7) is 0.262. The van der Waals surface area contributed by atoms with E-state index in [1.54, 1.807) is 24.3 Å². The first-order valence-electron chi connectivity index (χ1n) is 6.69. The van der Waals surface area contributed by atoms with Gasteiger partial charge in [0.15, 0.2) is 0 Å². The van der Waals surface area contributed by atoms with Crippen LogP contribution in [0.1, 0.15) is 19.3 Å². The zero-order valence-corrected chi connectivity index (χ0v) is 11.9. The van der Waals surface area contributed by atoms with Gasteiger partial charge >= 0.3 is 5.69 Å². The molecule has 0 atom stereocenters. The molecule has 1 aromatic carbocycles. The molecule has 0 amide bonds. The number of anilines is 1. The number of nitrogens with one attached hydrogen (secondary N) is 1. The van der Waals surface area contributed by atoms with E-state index in [-0.39, 0.29) is 17.4 Å². The summed E-state index contributed by atoms with van der Waals surface area (Å²) in [5, 5.41) is 24.9. The van der Waals surface area contributed by atoms with Crippen molar-refractivity contribution < 1.29 is 10.0 Å². The maximum atomic E-state index is 11.3. The number of benzene rings is 1. The lowest BCUT2D eigenvalue weighted by Gasteiger charge is -2.36. The van der Waals surface area contributed by atoms with Crippen LogP contribution in [0.2, 0.25) is 5.15 Å². The number of para-hydroxylation sites is 1. The van der Waals surface area contributed by atoms with Gasteiger partial charge in [0.05, 0.1) is 16.0 Å². The van der Waals surface area contributed by atoms with E-state index in [0.717, 1.165) is 6.42 Å². The van der Waals surface area contributed by atoms with Crippen molar-refractivity contribution in [2.24, 2.45) is 0 Å². The van der Waals surface area contributed by atoms with Crippen LogP contribution in [-0.4, -0.2) is 27.2 Å². The first-order chi connectivity index (χ1) is 10.0. The fourth-order valence-electron chi connectivity index (χ4n) is 2.53. The summed E-state index contributed by atoms with van der Waals surface area (Å²) in [5.41, 5.74) is -0.143. The summed E-state index contributed by atoms with van der Waals surface area (Å²) < 4.78 is 0. The fraction of sp³-hybridized carbons (Fsp3) is 0.357. The normalized spacial score (nSPS) is 16.5. The quantitative estimate of drug-likeness (QED) is 0.514. The molecule has 6 nitrogen and oxygen atoms in total. The molecular weight excluding hydrogens is 294 g/mol. The van der Waals surface area contributed by atoms with Crippen LogP contribution in [0.25, 0.3) is 10.9 Å². The Labute approximate surface area is 125 Å². The van der Waals surface area contributed by atoms with Gasteiger partial charge in [0.25, 0.3) is 0 Å². The Balaban J connectivity index is 2.08. The molecule has 0 bridgehead atoms. The van der Waals surface area contributed by atoms with Gasteiger partial charge in [-0.25, -0.2) is 4.98 Å². The molecule has 1 aliphatic carbocycles. The van der Waals surface area contributed by atoms with E-state index < -0.39 is 10.5 Å². The lowest BCUT2D eigenvalue weighted by atomic mass is 9.80. The Morgan fingerprint density at radius 2 is 2.14 bits per heavy atom. The molecule has 7 heteroatoms. The molecular formula is C14H14ClN3O3. The van der Waals surface area contributed by atoms with E-state index in [9.17, 15) is 15.2 Å². The van der Waals surface area contributed by atoms with Gasteiger partial charge in [-0.3, -0.25) is 10.1 Å². The second-order valence-corrected chi connectivity index (χ2v) is 5.69. The van der Waals surface area contributed by atoms with Crippen molar-refractivity contribution >= 4 is 33.9 Å². The molecule has 0 unspecified atom stereocenters. The third-order valence-electron chi connectivity index (χ3n) is 3.89. The predicted molar refractivity (Wildman–Crippen MR) is 80.7 cm³/mol. The molecule has 21 heavy (non-hydrogen) atoms.